The van der Waals surface area contributed by atoms with Crippen LogP contribution in [-0.2, 0) is 0 Å². The Morgan fingerprint density at radius 3 is 2.50 bits per heavy atom. The van der Waals surface area contributed by atoms with Crippen molar-refractivity contribution in [2.75, 3.05) is 20.6 Å². The van der Waals surface area contributed by atoms with E-state index < -0.39 is 0 Å². The van der Waals surface area contributed by atoms with Gasteiger partial charge in [-0.2, -0.15) is 0 Å². The van der Waals surface area contributed by atoms with Gasteiger partial charge in [0.25, 0.3) is 0 Å². The number of hydrogen-bond acceptors (Lipinski definition) is 2. The molecule has 0 aliphatic carbocycles. The minimum absolute atomic E-state index is 0.444. The molecular weight excluding hydrogens is 148 g/mol. The summed E-state index contributed by atoms with van der Waals surface area (Å²) >= 11 is 0. The molecule has 0 spiro atoms. The summed E-state index contributed by atoms with van der Waals surface area (Å²) in [5.74, 6) is 0. The molecule has 0 aromatic heterocycles. The molecule has 0 radical (unpaired) electrons. The van der Waals surface area contributed by atoms with E-state index in [4.69, 9.17) is 0 Å². The molecule has 1 fully saturated rings. The van der Waals surface area contributed by atoms with Crippen LogP contribution in [0.1, 0.15) is 20.3 Å². The van der Waals surface area contributed by atoms with E-state index >= 15 is 0 Å². The Morgan fingerprint density at radius 1 is 1.58 bits per heavy atom. The van der Waals surface area contributed by atoms with E-state index in [-0.39, 0.29) is 0 Å². The number of likely N-dealkylation sites (N-methyl/N-ethyl adjacent to an activating group) is 2. The quantitative estimate of drug-likeness (QED) is 0.671. The smallest absolute Gasteiger partial charge is 0.0491 e. The van der Waals surface area contributed by atoms with Gasteiger partial charge in [-0.25, -0.2) is 0 Å². The van der Waals surface area contributed by atoms with Crippen LogP contribution in [0.2, 0.25) is 0 Å². The largest absolute Gasteiger partial charge is 0.391 e. The SMILES string of the molecule is C=C(NC)[C@@H]1CC(C)(C)CN1C. The van der Waals surface area contributed by atoms with Crippen molar-refractivity contribution in [2.45, 2.75) is 26.3 Å². The van der Waals surface area contributed by atoms with Crippen LogP contribution < -0.4 is 5.32 Å². The highest BCUT2D eigenvalue weighted by molar-refractivity contribution is 5.08. The molecular formula is C10H20N2. The Balaban J connectivity index is 2.64. The molecule has 1 atom stereocenters. The zero-order chi connectivity index (χ0) is 9.35. The molecule has 1 aliphatic rings. The summed E-state index contributed by atoms with van der Waals surface area (Å²) in [6.07, 6.45) is 1.21. The van der Waals surface area contributed by atoms with E-state index in [0.29, 0.717) is 11.5 Å². The van der Waals surface area contributed by atoms with E-state index in [9.17, 15) is 0 Å². The van der Waals surface area contributed by atoms with Crippen LogP contribution in [0, 0.1) is 5.41 Å². The summed E-state index contributed by atoms with van der Waals surface area (Å²) in [6, 6.07) is 0.519. The van der Waals surface area contributed by atoms with Crippen molar-refractivity contribution >= 4 is 0 Å². The molecule has 12 heavy (non-hydrogen) atoms. The molecule has 0 unspecified atom stereocenters. The highest BCUT2D eigenvalue weighted by Gasteiger charge is 2.36. The van der Waals surface area contributed by atoms with Crippen molar-refractivity contribution in [1.82, 2.24) is 10.2 Å². The lowest BCUT2D eigenvalue weighted by atomic mass is 9.90. The molecule has 1 aliphatic heterocycles. The van der Waals surface area contributed by atoms with Gasteiger partial charge in [0.1, 0.15) is 0 Å². The normalized spacial score (nSPS) is 28.8. The summed E-state index contributed by atoms with van der Waals surface area (Å²) < 4.78 is 0. The zero-order valence-corrected chi connectivity index (χ0v) is 8.65. The van der Waals surface area contributed by atoms with E-state index in [1.165, 1.54) is 13.0 Å². The monoisotopic (exact) mass is 168 g/mol. The van der Waals surface area contributed by atoms with Gasteiger partial charge in [0.15, 0.2) is 0 Å². The average Bonchev–Trinajstić information content (AvgIpc) is 2.23. The van der Waals surface area contributed by atoms with Crippen LogP contribution in [0.25, 0.3) is 0 Å². The van der Waals surface area contributed by atoms with Gasteiger partial charge in [-0.1, -0.05) is 20.4 Å². The lowest BCUT2D eigenvalue weighted by Crippen LogP contribution is -2.31. The van der Waals surface area contributed by atoms with Crippen LogP contribution in [0.5, 0.6) is 0 Å². The van der Waals surface area contributed by atoms with Crippen molar-refractivity contribution in [3.8, 4) is 0 Å². The summed E-state index contributed by atoms with van der Waals surface area (Å²) in [5, 5.41) is 3.14. The third-order valence-corrected chi connectivity index (χ3v) is 2.68. The van der Waals surface area contributed by atoms with Crippen molar-refractivity contribution in [1.29, 1.82) is 0 Å². The summed E-state index contributed by atoms with van der Waals surface area (Å²) in [7, 11) is 4.11. The first-order valence-electron chi connectivity index (χ1n) is 4.53. The average molecular weight is 168 g/mol. The van der Waals surface area contributed by atoms with E-state index in [0.717, 1.165) is 5.70 Å². The van der Waals surface area contributed by atoms with Crippen molar-refractivity contribution < 1.29 is 0 Å². The van der Waals surface area contributed by atoms with Gasteiger partial charge in [0.2, 0.25) is 0 Å². The second kappa shape index (κ2) is 3.09. The Kier molecular flexibility index (Phi) is 2.47. The molecule has 1 saturated heterocycles. The Bertz CT molecular complexity index is 184. The molecule has 2 nitrogen and oxygen atoms in total. The van der Waals surface area contributed by atoms with E-state index in [2.05, 4.69) is 37.7 Å². The second-order valence-corrected chi connectivity index (χ2v) is 4.57. The van der Waals surface area contributed by atoms with Crippen molar-refractivity contribution in [3.05, 3.63) is 12.3 Å². The number of likely N-dealkylation sites (tertiary alicyclic amines) is 1. The van der Waals surface area contributed by atoms with Crippen LogP contribution in [-0.4, -0.2) is 31.6 Å². The standard InChI is InChI=1S/C10H20N2/c1-8(11-4)9-6-10(2,3)7-12(9)5/h9,11H,1,6-7H2,2-5H3/t9-/m0/s1. The Labute approximate surface area is 75.6 Å². The molecule has 2 heteroatoms. The lowest BCUT2D eigenvalue weighted by Gasteiger charge is -2.20. The topological polar surface area (TPSA) is 15.3 Å². The second-order valence-electron chi connectivity index (χ2n) is 4.57. The minimum Gasteiger partial charge on any atom is -0.391 e. The maximum atomic E-state index is 4.02. The molecule has 0 amide bonds. The predicted molar refractivity (Wildman–Crippen MR) is 53.0 cm³/mol. The van der Waals surface area contributed by atoms with Gasteiger partial charge in [-0.3, -0.25) is 4.90 Å². The van der Waals surface area contributed by atoms with Crippen LogP contribution in [0.15, 0.2) is 12.3 Å². The molecule has 1 N–H and O–H groups in total. The number of rotatable bonds is 2. The van der Waals surface area contributed by atoms with Gasteiger partial charge in [0, 0.05) is 25.3 Å². The molecule has 0 aromatic rings. The summed E-state index contributed by atoms with van der Waals surface area (Å²) in [5.41, 5.74) is 1.59. The molecule has 0 aromatic carbocycles. The molecule has 0 saturated carbocycles. The van der Waals surface area contributed by atoms with Gasteiger partial charge in [-0.05, 0) is 18.9 Å². The predicted octanol–water partition coefficient (Wildman–Crippen LogP) is 1.45. The van der Waals surface area contributed by atoms with Crippen LogP contribution >= 0.6 is 0 Å². The number of hydrogen-bond donors (Lipinski definition) is 1. The van der Waals surface area contributed by atoms with Crippen LogP contribution in [0.3, 0.4) is 0 Å². The zero-order valence-electron chi connectivity index (χ0n) is 8.65. The van der Waals surface area contributed by atoms with Crippen molar-refractivity contribution in [3.63, 3.8) is 0 Å². The van der Waals surface area contributed by atoms with Gasteiger partial charge in [-0.15, -0.1) is 0 Å². The third kappa shape index (κ3) is 1.81. The van der Waals surface area contributed by atoms with Crippen LogP contribution in [0.4, 0.5) is 0 Å². The van der Waals surface area contributed by atoms with Crippen molar-refractivity contribution in [2.24, 2.45) is 5.41 Å². The maximum absolute atomic E-state index is 4.02. The minimum atomic E-state index is 0.444. The molecule has 70 valence electrons. The third-order valence-electron chi connectivity index (χ3n) is 2.68. The van der Waals surface area contributed by atoms with Gasteiger partial charge in [0.05, 0.1) is 0 Å². The first kappa shape index (κ1) is 9.59. The first-order valence-corrected chi connectivity index (χ1v) is 4.53. The molecule has 1 rings (SSSR count). The molecule has 1 heterocycles. The molecule has 0 bridgehead atoms. The lowest BCUT2D eigenvalue weighted by molar-refractivity contribution is 0.311. The van der Waals surface area contributed by atoms with E-state index in [1.807, 2.05) is 7.05 Å². The first-order chi connectivity index (χ1) is 5.46. The number of nitrogens with zero attached hydrogens (tertiary/aromatic N) is 1. The van der Waals surface area contributed by atoms with Gasteiger partial charge < -0.3 is 5.32 Å². The summed E-state index contributed by atoms with van der Waals surface area (Å²) in [6.45, 7) is 9.81. The highest BCUT2D eigenvalue weighted by atomic mass is 15.2. The Hall–Kier alpha value is -0.500. The summed E-state index contributed by atoms with van der Waals surface area (Å²) in [4.78, 5) is 2.37. The number of nitrogens with one attached hydrogen (secondary N) is 1. The highest BCUT2D eigenvalue weighted by Crippen LogP contribution is 2.34. The maximum Gasteiger partial charge on any atom is 0.0491 e. The fourth-order valence-electron chi connectivity index (χ4n) is 2.08. The fraction of sp³-hybridized carbons (Fsp3) is 0.800. The van der Waals surface area contributed by atoms with E-state index in [1.54, 1.807) is 0 Å². The van der Waals surface area contributed by atoms with Gasteiger partial charge >= 0.3 is 0 Å². The fourth-order valence-corrected chi connectivity index (χ4v) is 2.08. The Morgan fingerprint density at radius 2 is 2.17 bits per heavy atom.